The van der Waals surface area contributed by atoms with E-state index < -0.39 is 0 Å². The number of fused-ring (bicyclic) bond motifs is 1. The Morgan fingerprint density at radius 1 is 1.14 bits per heavy atom. The number of aromatic nitrogens is 1. The molecule has 0 bridgehead atoms. The molecule has 1 aliphatic carbocycles. The van der Waals surface area contributed by atoms with Crippen molar-refractivity contribution in [3.05, 3.63) is 29.1 Å². The van der Waals surface area contributed by atoms with Gasteiger partial charge in [0.1, 0.15) is 0 Å². The molecule has 0 radical (unpaired) electrons. The molecule has 1 saturated carbocycles. The van der Waals surface area contributed by atoms with Crippen LogP contribution in [-0.4, -0.2) is 18.1 Å². The van der Waals surface area contributed by atoms with E-state index in [4.69, 9.17) is 4.98 Å². The van der Waals surface area contributed by atoms with Gasteiger partial charge in [0.2, 0.25) is 0 Å². The summed E-state index contributed by atoms with van der Waals surface area (Å²) >= 11 is 0. The van der Waals surface area contributed by atoms with E-state index in [-0.39, 0.29) is 0 Å². The molecule has 2 nitrogen and oxygen atoms in total. The lowest BCUT2D eigenvalue weighted by Gasteiger charge is -2.06. The molecule has 1 aromatic rings. The number of rotatable bonds is 1. The molecular weight excluding hydrogens is 172 g/mol. The molecule has 14 heavy (non-hydrogen) atoms. The van der Waals surface area contributed by atoms with Gasteiger partial charge in [0.25, 0.3) is 0 Å². The molecular formula is C12H16N2. The lowest BCUT2D eigenvalue weighted by Crippen LogP contribution is -2.16. The third kappa shape index (κ3) is 1.55. The normalized spacial score (nSPS) is 21.4. The first-order valence-corrected chi connectivity index (χ1v) is 5.63. The number of hydrogen-bond donors (Lipinski definition) is 1. The lowest BCUT2D eigenvalue weighted by atomic mass is 10.1. The molecule has 1 aliphatic heterocycles. The van der Waals surface area contributed by atoms with Crippen molar-refractivity contribution in [1.82, 2.24) is 10.3 Å². The third-order valence-corrected chi connectivity index (χ3v) is 3.20. The van der Waals surface area contributed by atoms with Gasteiger partial charge in [-0.05, 0) is 37.4 Å². The highest BCUT2D eigenvalue weighted by molar-refractivity contribution is 5.27. The van der Waals surface area contributed by atoms with Gasteiger partial charge in [0, 0.05) is 30.3 Å². The summed E-state index contributed by atoms with van der Waals surface area (Å²) in [6, 6.07) is 4.53. The van der Waals surface area contributed by atoms with Gasteiger partial charge in [-0.2, -0.15) is 0 Å². The van der Waals surface area contributed by atoms with E-state index in [9.17, 15) is 0 Å². The van der Waals surface area contributed by atoms with Crippen molar-refractivity contribution in [3.63, 3.8) is 0 Å². The zero-order valence-electron chi connectivity index (χ0n) is 8.42. The standard InChI is InChI=1S/C12H16N2/c1-2-9(1)11-4-3-10-5-7-13-8-6-12(10)14-11/h3-4,9,13H,1-2,5-8H2. The highest BCUT2D eigenvalue weighted by Gasteiger charge is 2.25. The van der Waals surface area contributed by atoms with Gasteiger partial charge in [-0.25, -0.2) is 0 Å². The van der Waals surface area contributed by atoms with Crippen LogP contribution in [-0.2, 0) is 12.8 Å². The van der Waals surface area contributed by atoms with Crippen molar-refractivity contribution in [3.8, 4) is 0 Å². The van der Waals surface area contributed by atoms with Gasteiger partial charge in [-0.3, -0.25) is 4.98 Å². The molecule has 0 unspecified atom stereocenters. The smallest absolute Gasteiger partial charge is 0.0452 e. The number of pyridine rings is 1. The summed E-state index contributed by atoms with van der Waals surface area (Å²) < 4.78 is 0. The largest absolute Gasteiger partial charge is 0.316 e. The Kier molecular flexibility index (Phi) is 2.02. The van der Waals surface area contributed by atoms with E-state index in [1.807, 2.05) is 0 Å². The van der Waals surface area contributed by atoms with Crippen LogP contribution in [0.15, 0.2) is 12.1 Å². The predicted octanol–water partition coefficient (Wildman–Crippen LogP) is 1.65. The van der Waals surface area contributed by atoms with Gasteiger partial charge in [-0.15, -0.1) is 0 Å². The molecule has 1 N–H and O–H groups in total. The zero-order valence-corrected chi connectivity index (χ0v) is 8.42. The second-order valence-corrected chi connectivity index (χ2v) is 4.37. The van der Waals surface area contributed by atoms with Crippen LogP contribution in [0.3, 0.4) is 0 Å². The number of hydrogen-bond acceptors (Lipinski definition) is 2. The van der Waals surface area contributed by atoms with Crippen LogP contribution in [0.2, 0.25) is 0 Å². The summed E-state index contributed by atoms with van der Waals surface area (Å²) in [4.78, 5) is 4.80. The monoisotopic (exact) mass is 188 g/mol. The van der Waals surface area contributed by atoms with E-state index in [1.54, 1.807) is 0 Å². The minimum absolute atomic E-state index is 0.788. The van der Waals surface area contributed by atoms with Crippen LogP contribution in [0.1, 0.15) is 35.7 Å². The third-order valence-electron chi connectivity index (χ3n) is 3.20. The summed E-state index contributed by atoms with van der Waals surface area (Å²) in [5, 5.41) is 3.42. The van der Waals surface area contributed by atoms with Crippen molar-refractivity contribution in [1.29, 1.82) is 0 Å². The summed E-state index contributed by atoms with van der Waals surface area (Å²) in [5.41, 5.74) is 4.14. The quantitative estimate of drug-likeness (QED) is 0.725. The second kappa shape index (κ2) is 3.35. The van der Waals surface area contributed by atoms with Gasteiger partial charge in [0.05, 0.1) is 0 Å². The molecule has 1 aromatic heterocycles. The minimum atomic E-state index is 0.788. The summed E-state index contributed by atoms with van der Waals surface area (Å²) in [5.74, 6) is 0.788. The molecule has 0 saturated heterocycles. The van der Waals surface area contributed by atoms with Gasteiger partial charge < -0.3 is 5.32 Å². The Hall–Kier alpha value is -0.890. The van der Waals surface area contributed by atoms with E-state index in [2.05, 4.69) is 17.4 Å². The van der Waals surface area contributed by atoms with E-state index in [1.165, 1.54) is 29.8 Å². The number of nitrogens with zero attached hydrogens (tertiary/aromatic N) is 1. The Labute approximate surface area is 84.7 Å². The molecule has 2 heterocycles. The van der Waals surface area contributed by atoms with Gasteiger partial charge in [-0.1, -0.05) is 6.07 Å². The minimum Gasteiger partial charge on any atom is -0.316 e. The van der Waals surface area contributed by atoms with E-state index >= 15 is 0 Å². The first-order chi connectivity index (χ1) is 6.93. The molecule has 1 fully saturated rings. The van der Waals surface area contributed by atoms with Crippen LogP contribution < -0.4 is 5.32 Å². The Morgan fingerprint density at radius 2 is 2.00 bits per heavy atom. The van der Waals surface area contributed by atoms with Crippen LogP contribution in [0, 0.1) is 0 Å². The average Bonchev–Trinajstić information content (AvgIpc) is 3.04. The van der Waals surface area contributed by atoms with Gasteiger partial charge >= 0.3 is 0 Å². The molecule has 2 aliphatic rings. The van der Waals surface area contributed by atoms with Crippen molar-refractivity contribution in [2.24, 2.45) is 0 Å². The fraction of sp³-hybridized carbons (Fsp3) is 0.583. The molecule has 0 spiro atoms. The SMILES string of the molecule is c1cc2c(nc1C1CC1)CCNCC2. The Balaban J connectivity index is 1.94. The van der Waals surface area contributed by atoms with Gasteiger partial charge in [0.15, 0.2) is 0 Å². The first-order valence-electron chi connectivity index (χ1n) is 5.63. The highest BCUT2D eigenvalue weighted by Crippen LogP contribution is 2.39. The molecule has 0 aromatic carbocycles. The van der Waals surface area contributed by atoms with Crippen molar-refractivity contribution >= 4 is 0 Å². The maximum atomic E-state index is 4.80. The lowest BCUT2D eigenvalue weighted by molar-refractivity contribution is 0.708. The fourth-order valence-corrected chi connectivity index (χ4v) is 2.15. The molecule has 3 rings (SSSR count). The van der Waals surface area contributed by atoms with Crippen LogP contribution in [0.25, 0.3) is 0 Å². The maximum Gasteiger partial charge on any atom is 0.0452 e. The van der Waals surface area contributed by atoms with E-state index in [0.717, 1.165) is 31.8 Å². The first kappa shape index (κ1) is 8.42. The zero-order chi connectivity index (χ0) is 9.38. The van der Waals surface area contributed by atoms with E-state index in [0.29, 0.717) is 0 Å². The molecule has 0 atom stereocenters. The summed E-state index contributed by atoms with van der Waals surface area (Å²) in [6.07, 6.45) is 4.96. The second-order valence-electron chi connectivity index (χ2n) is 4.37. The van der Waals surface area contributed by atoms with Crippen molar-refractivity contribution in [2.75, 3.05) is 13.1 Å². The van der Waals surface area contributed by atoms with Crippen molar-refractivity contribution in [2.45, 2.75) is 31.6 Å². The van der Waals surface area contributed by atoms with Crippen LogP contribution >= 0.6 is 0 Å². The summed E-state index contributed by atoms with van der Waals surface area (Å²) in [6.45, 7) is 2.20. The molecule has 2 heteroatoms. The summed E-state index contributed by atoms with van der Waals surface area (Å²) in [7, 11) is 0. The average molecular weight is 188 g/mol. The Bertz CT molecular complexity index is 342. The maximum absolute atomic E-state index is 4.80. The van der Waals surface area contributed by atoms with Crippen molar-refractivity contribution < 1.29 is 0 Å². The molecule has 74 valence electrons. The topological polar surface area (TPSA) is 24.9 Å². The Morgan fingerprint density at radius 3 is 2.86 bits per heavy atom. The van der Waals surface area contributed by atoms with Crippen LogP contribution in [0.5, 0.6) is 0 Å². The highest BCUT2D eigenvalue weighted by atomic mass is 14.9. The van der Waals surface area contributed by atoms with Crippen LogP contribution in [0.4, 0.5) is 0 Å². The molecule has 0 amide bonds. The fourth-order valence-electron chi connectivity index (χ4n) is 2.15. The predicted molar refractivity (Wildman–Crippen MR) is 56.5 cm³/mol. The number of nitrogens with one attached hydrogen (secondary N) is 1.